The van der Waals surface area contributed by atoms with Crippen LogP contribution in [-0.2, 0) is 22.6 Å². The summed E-state index contributed by atoms with van der Waals surface area (Å²) in [6.45, 7) is 2.03. The molecule has 1 aromatic heterocycles. The van der Waals surface area contributed by atoms with Crippen molar-refractivity contribution in [2.75, 3.05) is 0 Å². The zero-order valence-corrected chi connectivity index (χ0v) is 15.3. The molecule has 3 rings (SSSR count). The van der Waals surface area contributed by atoms with Gasteiger partial charge in [0.15, 0.2) is 0 Å². The lowest BCUT2D eigenvalue weighted by molar-refractivity contribution is -0.137. The van der Waals surface area contributed by atoms with Crippen molar-refractivity contribution in [3.05, 3.63) is 66.0 Å². The molecule has 2 N–H and O–H groups in total. The fourth-order valence-corrected chi connectivity index (χ4v) is 3.23. The van der Waals surface area contributed by atoms with Gasteiger partial charge in [0.2, 0.25) is 5.91 Å². The van der Waals surface area contributed by atoms with Crippen LogP contribution >= 0.6 is 0 Å². The number of carbonyl (C=O) groups excluding carboxylic acids is 1. The highest BCUT2D eigenvalue weighted by atomic mass is 16.4. The molecule has 0 fully saturated rings. The number of fused-ring (bicyclic) bond motifs is 1. The number of aromatic nitrogens is 2. The molecule has 0 bridgehead atoms. The second-order valence-electron chi connectivity index (χ2n) is 6.62. The molecule has 0 saturated carbocycles. The van der Waals surface area contributed by atoms with Crippen molar-refractivity contribution >= 4 is 22.9 Å². The molecule has 0 aliphatic rings. The Morgan fingerprint density at radius 1 is 1.11 bits per heavy atom. The molecule has 0 spiro atoms. The number of rotatable bonds is 8. The van der Waals surface area contributed by atoms with E-state index in [1.807, 2.05) is 66.1 Å². The van der Waals surface area contributed by atoms with Crippen molar-refractivity contribution in [2.24, 2.45) is 0 Å². The standard InChI is InChI=1S/C21H23N3O3/c1-15-22-18-9-5-6-10-19(18)24(15)14-20(25)23-17(11-12-21(26)27)13-16-7-3-2-4-8-16/h2-10,17H,11-14H2,1H3,(H,23,25)(H,26,27). The summed E-state index contributed by atoms with van der Waals surface area (Å²) in [7, 11) is 0. The molecule has 0 aliphatic carbocycles. The Hall–Kier alpha value is -3.15. The summed E-state index contributed by atoms with van der Waals surface area (Å²) >= 11 is 0. The summed E-state index contributed by atoms with van der Waals surface area (Å²) in [4.78, 5) is 28.1. The van der Waals surface area contributed by atoms with Crippen LogP contribution in [0.15, 0.2) is 54.6 Å². The largest absolute Gasteiger partial charge is 0.481 e. The van der Waals surface area contributed by atoms with E-state index in [4.69, 9.17) is 5.11 Å². The molecule has 1 atom stereocenters. The van der Waals surface area contributed by atoms with E-state index in [1.54, 1.807) is 0 Å². The summed E-state index contributed by atoms with van der Waals surface area (Å²) in [5.41, 5.74) is 2.84. The number of benzene rings is 2. The van der Waals surface area contributed by atoms with Gasteiger partial charge in [-0.25, -0.2) is 4.98 Å². The van der Waals surface area contributed by atoms with Gasteiger partial charge < -0.3 is 15.0 Å². The molecule has 6 nitrogen and oxygen atoms in total. The van der Waals surface area contributed by atoms with E-state index in [1.165, 1.54) is 0 Å². The molecule has 0 saturated heterocycles. The topological polar surface area (TPSA) is 84.2 Å². The average molecular weight is 365 g/mol. The number of carboxylic acids is 1. The lowest BCUT2D eigenvalue weighted by atomic mass is 10.0. The minimum atomic E-state index is -0.862. The molecule has 6 heteroatoms. The van der Waals surface area contributed by atoms with E-state index in [9.17, 15) is 9.59 Å². The van der Waals surface area contributed by atoms with E-state index in [2.05, 4.69) is 10.3 Å². The maximum atomic E-state index is 12.6. The van der Waals surface area contributed by atoms with E-state index in [0.29, 0.717) is 12.8 Å². The molecule has 1 amide bonds. The smallest absolute Gasteiger partial charge is 0.303 e. The predicted molar refractivity (Wildman–Crippen MR) is 103 cm³/mol. The van der Waals surface area contributed by atoms with E-state index < -0.39 is 5.97 Å². The molecular formula is C21H23N3O3. The van der Waals surface area contributed by atoms with Crippen molar-refractivity contribution < 1.29 is 14.7 Å². The Labute approximate surface area is 157 Å². The summed E-state index contributed by atoms with van der Waals surface area (Å²) in [6.07, 6.45) is 1.01. The maximum Gasteiger partial charge on any atom is 0.303 e. The summed E-state index contributed by atoms with van der Waals surface area (Å²) < 4.78 is 1.88. The molecule has 0 radical (unpaired) electrons. The number of amides is 1. The average Bonchev–Trinajstić information content (AvgIpc) is 2.96. The number of nitrogens with zero attached hydrogens (tertiary/aromatic N) is 2. The van der Waals surface area contributed by atoms with Gasteiger partial charge in [0.05, 0.1) is 11.0 Å². The summed E-state index contributed by atoms with van der Waals surface area (Å²) in [5.74, 6) is -0.233. The summed E-state index contributed by atoms with van der Waals surface area (Å²) in [6, 6.07) is 17.2. The molecule has 27 heavy (non-hydrogen) atoms. The first-order chi connectivity index (χ1) is 13.0. The number of para-hydroxylation sites is 2. The predicted octanol–water partition coefficient (Wildman–Crippen LogP) is 2.94. The van der Waals surface area contributed by atoms with Crippen LogP contribution in [0.2, 0.25) is 0 Å². The second kappa shape index (κ2) is 8.49. The van der Waals surface area contributed by atoms with Crippen molar-refractivity contribution in [1.82, 2.24) is 14.9 Å². The lowest BCUT2D eigenvalue weighted by Crippen LogP contribution is -2.39. The fraction of sp³-hybridized carbons (Fsp3) is 0.286. The Bertz CT molecular complexity index is 934. The quantitative estimate of drug-likeness (QED) is 0.643. The highest BCUT2D eigenvalue weighted by Gasteiger charge is 2.17. The van der Waals surface area contributed by atoms with Gasteiger partial charge >= 0.3 is 5.97 Å². The van der Waals surface area contributed by atoms with Gasteiger partial charge in [-0.05, 0) is 37.5 Å². The Balaban J connectivity index is 1.71. The van der Waals surface area contributed by atoms with Crippen LogP contribution in [0.4, 0.5) is 0 Å². The van der Waals surface area contributed by atoms with Gasteiger partial charge in [0, 0.05) is 12.5 Å². The number of carboxylic acid groups (broad SMARTS) is 1. The normalized spacial score (nSPS) is 12.0. The number of aliphatic carboxylic acids is 1. The lowest BCUT2D eigenvalue weighted by Gasteiger charge is -2.19. The Morgan fingerprint density at radius 2 is 1.81 bits per heavy atom. The van der Waals surface area contributed by atoms with Gasteiger partial charge in [-0.3, -0.25) is 9.59 Å². The number of aryl methyl sites for hydroxylation is 1. The summed E-state index contributed by atoms with van der Waals surface area (Å²) in [5, 5.41) is 12.0. The minimum absolute atomic E-state index is 0.0187. The van der Waals surface area contributed by atoms with Crippen LogP contribution in [0.25, 0.3) is 11.0 Å². The van der Waals surface area contributed by atoms with Crippen LogP contribution in [-0.4, -0.2) is 32.6 Å². The minimum Gasteiger partial charge on any atom is -0.481 e. The van der Waals surface area contributed by atoms with Crippen LogP contribution in [0.3, 0.4) is 0 Å². The third kappa shape index (κ3) is 4.94. The fourth-order valence-electron chi connectivity index (χ4n) is 3.23. The second-order valence-corrected chi connectivity index (χ2v) is 6.62. The first-order valence-corrected chi connectivity index (χ1v) is 9.00. The van der Waals surface area contributed by atoms with E-state index >= 15 is 0 Å². The first-order valence-electron chi connectivity index (χ1n) is 9.00. The molecule has 1 heterocycles. The number of hydrogen-bond acceptors (Lipinski definition) is 3. The molecule has 1 unspecified atom stereocenters. The van der Waals surface area contributed by atoms with E-state index in [-0.39, 0.29) is 24.9 Å². The molecule has 3 aromatic rings. The van der Waals surface area contributed by atoms with Gasteiger partial charge in [0.1, 0.15) is 12.4 Å². The zero-order chi connectivity index (χ0) is 19.2. The van der Waals surface area contributed by atoms with E-state index in [0.717, 1.165) is 22.4 Å². The van der Waals surface area contributed by atoms with Crippen LogP contribution in [0.5, 0.6) is 0 Å². The zero-order valence-electron chi connectivity index (χ0n) is 15.3. The number of carbonyl (C=O) groups is 2. The molecule has 0 aliphatic heterocycles. The molecule has 140 valence electrons. The van der Waals surface area contributed by atoms with Crippen molar-refractivity contribution in [3.8, 4) is 0 Å². The molecular weight excluding hydrogens is 342 g/mol. The van der Waals surface area contributed by atoms with Gasteiger partial charge in [-0.15, -0.1) is 0 Å². The van der Waals surface area contributed by atoms with Crippen LogP contribution in [0, 0.1) is 6.92 Å². The third-order valence-corrected chi connectivity index (χ3v) is 4.54. The number of hydrogen-bond donors (Lipinski definition) is 2. The molecule has 2 aromatic carbocycles. The van der Waals surface area contributed by atoms with Crippen molar-refractivity contribution in [1.29, 1.82) is 0 Å². The SMILES string of the molecule is Cc1nc2ccccc2n1CC(=O)NC(CCC(=O)O)Cc1ccccc1. The highest BCUT2D eigenvalue weighted by molar-refractivity contribution is 5.81. The number of nitrogens with one attached hydrogen (secondary N) is 1. The maximum absolute atomic E-state index is 12.6. The number of imidazole rings is 1. The van der Waals surface area contributed by atoms with Crippen molar-refractivity contribution in [2.45, 2.75) is 38.8 Å². The highest BCUT2D eigenvalue weighted by Crippen LogP contribution is 2.15. The van der Waals surface area contributed by atoms with Crippen molar-refractivity contribution in [3.63, 3.8) is 0 Å². The van der Waals surface area contributed by atoms with Gasteiger partial charge in [-0.2, -0.15) is 0 Å². The van der Waals surface area contributed by atoms with Gasteiger partial charge in [-0.1, -0.05) is 42.5 Å². The Morgan fingerprint density at radius 3 is 2.56 bits per heavy atom. The van der Waals surface area contributed by atoms with Gasteiger partial charge in [0.25, 0.3) is 0 Å². The Kier molecular flexibility index (Phi) is 5.86. The first kappa shape index (κ1) is 18.6. The monoisotopic (exact) mass is 365 g/mol. The third-order valence-electron chi connectivity index (χ3n) is 4.54. The van der Waals surface area contributed by atoms with Crippen LogP contribution in [0.1, 0.15) is 24.2 Å². The van der Waals surface area contributed by atoms with Crippen LogP contribution < -0.4 is 5.32 Å².